The van der Waals surface area contributed by atoms with Crippen molar-refractivity contribution in [3.8, 4) is 5.75 Å². The smallest absolute Gasteiger partial charge is 0.281 e. The van der Waals surface area contributed by atoms with E-state index >= 15 is 0 Å². The summed E-state index contributed by atoms with van der Waals surface area (Å²) in [5.41, 5.74) is -0.0865. The molecule has 2 rings (SSSR count). The molecule has 0 spiro atoms. The number of rotatable bonds is 1. The molecule has 0 saturated heterocycles. The van der Waals surface area contributed by atoms with Crippen LogP contribution in [0.25, 0.3) is 10.1 Å². The summed E-state index contributed by atoms with van der Waals surface area (Å²) in [6.45, 7) is 0. The van der Waals surface area contributed by atoms with Gasteiger partial charge in [-0.3, -0.25) is 10.1 Å². The third-order valence-corrected chi connectivity index (χ3v) is 3.40. The molecule has 6 heteroatoms. The van der Waals surface area contributed by atoms with Crippen molar-refractivity contribution in [3.05, 3.63) is 27.6 Å². The Labute approximate surface area is 88.4 Å². The van der Waals surface area contributed by atoms with E-state index in [0.29, 0.717) is 15.0 Å². The fourth-order valence-corrected chi connectivity index (χ4v) is 2.44. The number of thiol groups is 1. The van der Waals surface area contributed by atoms with Crippen LogP contribution in [0, 0.1) is 10.1 Å². The van der Waals surface area contributed by atoms with Crippen LogP contribution in [0.4, 0.5) is 5.69 Å². The maximum absolute atomic E-state index is 10.7. The van der Waals surface area contributed by atoms with Gasteiger partial charge in [0.05, 0.1) is 26.0 Å². The minimum atomic E-state index is -0.512. The summed E-state index contributed by atoms with van der Waals surface area (Å²) in [6, 6.07) is 2.77. The Morgan fingerprint density at radius 1 is 1.57 bits per heavy atom. The number of fused-ring (bicyclic) bond motifs is 1. The maximum atomic E-state index is 10.7. The van der Waals surface area contributed by atoms with Crippen LogP contribution in [0.15, 0.2) is 22.4 Å². The van der Waals surface area contributed by atoms with Crippen molar-refractivity contribution in [2.24, 2.45) is 0 Å². The molecule has 72 valence electrons. The second-order valence-corrected chi connectivity index (χ2v) is 4.05. The predicted octanol–water partition coefficient (Wildman–Crippen LogP) is 2.80. The molecule has 0 unspecified atom stereocenters. The number of phenols is 1. The Balaban J connectivity index is 2.91. The highest BCUT2D eigenvalue weighted by molar-refractivity contribution is 7.81. The van der Waals surface area contributed by atoms with Crippen LogP contribution in [0.1, 0.15) is 0 Å². The summed E-state index contributed by atoms with van der Waals surface area (Å²) in [5, 5.41) is 22.3. The van der Waals surface area contributed by atoms with E-state index in [1.165, 1.54) is 11.3 Å². The number of nitrogens with zero attached hydrogens (tertiary/aromatic N) is 1. The zero-order valence-corrected chi connectivity index (χ0v) is 8.51. The number of hydrogen-bond acceptors (Lipinski definition) is 5. The molecule has 1 N–H and O–H groups in total. The number of non-ortho nitro benzene ring substituents is 1. The van der Waals surface area contributed by atoms with Crippen molar-refractivity contribution in [1.82, 2.24) is 0 Å². The summed E-state index contributed by atoms with van der Waals surface area (Å²) >= 11 is 5.40. The van der Waals surface area contributed by atoms with Crippen molar-refractivity contribution in [1.29, 1.82) is 0 Å². The molecule has 0 bridgehead atoms. The summed E-state index contributed by atoms with van der Waals surface area (Å²) in [7, 11) is 0. The summed E-state index contributed by atoms with van der Waals surface area (Å²) < 4.78 is 0.639. The molecule has 0 aliphatic heterocycles. The van der Waals surface area contributed by atoms with E-state index in [2.05, 4.69) is 12.6 Å². The van der Waals surface area contributed by atoms with Gasteiger partial charge in [0.2, 0.25) is 0 Å². The molecule has 1 aromatic carbocycles. The highest BCUT2D eigenvalue weighted by Crippen LogP contribution is 2.39. The van der Waals surface area contributed by atoms with Gasteiger partial charge in [-0.2, -0.15) is 0 Å². The molecule has 0 aliphatic carbocycles. The van der Waals surface area contributed by atoms with Gasteiger partial charge in [0.25, 0.3) is 5.69 Å². The normalized spacial score (nSPS) is 10.6. The lowest BCUT2D eigenvalue weighted by atomic mass is 10.2. The van der Waals surface area contributed by atoms with E-state index in [1.807, 2.05) is 0 Å². The van der Waals surface area contributed by atoms with Crippen LogP contribution in [-0.2, 0) is 0 Å². The molecular formula is C8H5NO3S2. The zero-order chi connectivity index (χ0) is 10.3. The predicted molar refractivity (Wildman–Crippen MR) is 57.4 cm³/mol. The SMILES string of the molecule is O=[N+]([O-])c1cc(O)c(S)c2sccc12. The lowest BCUT2D eigenvalue weighted by molar-refractivity contribution is -0.383. The van der Waals surface area contributed by atoms with Gasteiger partial charge in [-0.05, 0) is 11.4 Å². The molecule has 2 aromatic rings. The highest BCUT2D eigenvalue weighted by atomic mass is 32.1. The van der Waals surface area contributed by atoms with Crippen molar-refractivity contribution < 1.29 is 10.0 Å². The zero-order valence-electron chi connectivity index (χ0n) is 6.80. The van der Waals surface area contributed by atoms with Crippen molar-refractivity contribution in [3.63, 3.8) is 0 Å². The van der Waals surface area contributed by atoms with E-state index in [1.54, 1.807) is 11.4 Å². The third-order valence-electron chi connectivity index (χ3n) is 1.87. The minimum absolute atomic E-state index is 0.0865. The standard InChI is InChI=1S/C8H5NO3S2/c10-6-3-5(9(11)12)4-1-2-14-8(4)7(6)13/h1-3,10,13H. The maximum Gasteiger partial charge on any atom is 0.281 e. The van der Waals surface area contributed by atoms with Crippen LogP contribution >= 0.6 is 24.0 Å². The molecular weight excluding hydrogens is 222 g/mol. The number of aromatic hydroxyl groups is 1. The Hall–Kier alpha value is -1.27. The first kappa shape index (κ1) is 9.29. The molecule has 0 amide bonds. The van der Waals surface area contributed by atoms with Gasteiger partial charge in [0, 0.05) is 0 Å². The largest absolute Gasteiger partial charge is 0.506 e. The molecule has 0 saturated carbocycles. The van der Waals surface area contributed by atoms with Gasteiger partial charge in [-0.25, -0.2) is 0 Å². The second-order valence-electron chi connectivity index (χ2n) is 2.68. The average Bonchev–Trinajstić information content (AvgIpc) is 2.59. The third kappa shape index (κ3) is 1.23. The highest BCUT2D eigenvalue weighted by Gasteiger charge is 2.17. The van der Waals surface area contributed by atoms with Gasteiger partial charge < -0.3 is 5.11 Å². The van der Waals surface area contributed by atoms with Crippen molar-refractivity contribution in [2.45, 2.75) is 4.90 Å². The van der Waals surface area contributed by atoms with Crippen LogP contribution in [0.5, 0.6) is 5.75 Å². The first-order valence-corrected chi connectivity index (χ1v) is 5.00. The van der Waals surface area contributed by atoms with Crippen LogP contribution < -0.4 is 0 Å². The number of nitro groups is 1. The number of hydrogen-bond donors (Lipinski definition) is 2. The first-order valence-electron chi connectivity index (χ1n) is 3.68. The van der Waals surface area contributed by atoms with Crippen LogP contribution in [0.2, 0.25) is 0 Å². The van der Waals surface area contributed by atoms with Gasteiger partial charge >= 0.3 is 0 Å². The van der Waals surface area contributed by atoms with Crippen LogP contribution in [0.3, 0.4) is 0 Å². The van der Waals surface area contributed by atoms with E-state index in [0.717, 1.165) is 6.07 Å². The van der Waals surface area contributed by atoms with Crippen molar-refractivity contribution >= 4 is 39.7 Å². The topological polar surface area (TPSA) is 63.4 Å². The summed E-state index contributed by atoms with van der Waals surface area (Å²) in [5.74, 6) is -0.157. The van der Waals surface area contributed by atoms with Gasteiger partial charge in [0.15, 0.2) is 0 Å². The summed E-state index contributed by atoms with van der Waals surface area (Å²) in [4.78, 5) is 10.5. The van der Waals surface area contributed by atoms with E-state index in [4.69, 9.17) is 0 Å². The number of nitro benzene ring substituents is 1. The van der Waals surface area contributed by atoms with Gasteiger partial charge in [-0.15, -0.1) is 24.0 Å². The van der Waals surface area contributed by atoms with E-state index in [-0.39, 0.29) is 11.4 Å². The lowest BCUT2D eigenvalue weighted by Crippen LogP contribution is -1.88. The van der Waals surface area contributed by atoms with E-state index in [9.17, 15) is 15.2 Å². The van der Waals surface area contributed by atoms with Gasteiger partial charge in [-0.1, -0.05) is 0 Å². The van der Waals surface area contributed by atoms with Gasteiger partial charge in [0.1, 0.15) is 5.75 Å². The number of phenolic OH excluding ortho intramolecular Hbond substituents is 1. The summed E-state index contributed by atoms with van der Waals surface area (Å²) in [6.07, 6.45) is 0. The van der Waals surface area contributed by atoms with Crippen LogP contribution in [-0.4, -0.2) is 10.0 Å². The Morgan fingerprint density at radius 3 is 2.93 bits per heavy atom. The van der Waals surface area contributed by atoms with Crippen molar-refractivity contribution in [2.75, 3.05) is 0 Å². The molecule has 0 aliphatic rings. The fraction of sp³-hybridized carbons (Fsp3) is 0. The Kier molecular flexibility index (Phi) is 2.09. The first-order chi connectivity index (χ1) is 6.61. The molecule has 4 nitrogen and oxygen atoms in total. The second kappa shape index (κ2) is 3.14. The number of benzene rings is 1. The molecule has 1 aromatic heterocycles. The Morgan fingerprint density at radius 2 is 2.29 bits per heavy atom. The monoisotopic (exact) mass is 227 g/mol. The molecule has 0 atom stereocenters. The fourth-order valence-electron chi connectivity index (χ4n) is 1.24. The molecule has 14 heavy (non-hydrogen) atoms. The quantitative estimate of drug-likeness (QED) is 0.447. The molecule has 0 fully saturated rings. The molecule has 1 heterocycles. The lowest BCUT2D eigenvalue weighted by Gasteiger charge is -1.99. The Bertz CT molecular complexity index is 521. The number of thiophene rings is 1. The van der Waals surface area contributed by atoms with E-state index < -0.39 is 4.92 Å². The average molecular weight is 227 g/mol. The minimum Gasteiger partial charge on any atom is -0.506 e. The molecule has 0 radical (unpaired) electrons.